The van der Waals surface area contributed by atoms with Crippen LogP contribution >= 0.6 is 0 Å². The zero-order chi connectivity index (χ0) is 18.0. The number of furan rings is 1. The summed E-state index contributed by atoms with van der Waals surface area (Å²) in [5.41, 5.74) is 0. The van der Waals surface area contributed by atoms with Gasteiger partial charge in [-0.3, -0.25) is 9.59 Å². The number of nitrogens with zero attached hydrogens (tertiary/aromatic N) is 2. The predicted octanol–water partition coefficient (Wildman–Crippen LogP) is 1.68. The standard InChI is InChI=1S/C18H24N2O5/c1-12(2)20-10-13(9-16(20)21)11-25-18(23)14-5-3-7-19(14)17(22)15-6-4-8-24-15/h4,6,8,12-14H,3,5,7,9-11H2,1-2H3. The SMILES string of the molecule is CC(C)N1CC(COC(=O)C2CCCN2C(=O)c2ccco2)CC1=O. The number of rotatable bonds is 5. The van der Waals surface area contributed by atoms with Crippen LogP contribution in [0.3, 0.4) is 0 Å². The molecule has 0 spiro atoms. The predicted molar refractivity (Wildman–Crippen MR) is 88.7 cm³/mol. The summed E-state index contributed by atoms with van der Waals surface area (Å²) in [6, 6.07) is 2.82. The highest BCUT2D eigenvalue weighted by Gasteiger charge is 2.38. The van der Waals surface area contributed by atoms with E-state index in [1.54, 1.807) is 17.0 Å². The van der Waals surface area contributed by atoms with Gasteiger partial charge in [-0.15, -0.1) is 0 Å². The minimum atomic E-state index is -0.573. The van der Waals surface area contributed by atoms with Crippen LogP contribution in [0.1, 0.15) is 43.7 Å². The normalized spacial score (nSPS) is 23.6. The van der Waals surface area contributed by atoms with Gasteiger partial charge in [-0.05, 0) is 38.8 Å². The van der Waals surface area contributed by atoms with Crippen molar-refractivity contribution in [1.29, 1.82) is 0 Å². The van der Waals surface area contributed by atoms with Crippen molar-refractivity contribution >= 4 is 17.8 Å². The quantitative estimate of drug-likeness (QED) is 0.757. The third-order valence-electron chi connectivity index (χ3n) is 4.84. The largest absolute Gasteiger partial charge is 0.464 e. The van der Waals surface area contributed by atoms with Crippen molar-refractivity contribution in [2.45, 2.75) is 45.2 Å². The highest BCUT2D eigenvalue weighted by Crippen LogP contribution is 2.24. The molecular formula is C18H24N2O5. The van der Waals surface area contributed by atoms with Crippen LogP contribution in [-0.4, -0.2) is 59.4 Å². The molecular weight excluding hydrogens is 324 g/mol. The van der Waals surface area contributed by atoms with Gasteiger partial charge in [0.05, 0.1) is 12.9 Å². The summed E-state index contributed by atoms with van der Waals surface area (Å²) in [4.78, 5) is 40.1. The number of carbonyl (C=O) groups is 3. The molecule has 0 radical (unpaired) electrons. The van der Waals surface area contributed by atoms with Gasteiger partial charge in [0.1, 0.15) is 6.04 Å². The lowest BCUT2D eigenvalue weighted by molar-refractivity contribution is -0.149. The number of amides is 2. The molecule has 0 saturated carbocycles. The van der Waals surface area contributed by atoms with Gasteiger partial charge in [0, 0.05) is 31.5 Å². The summed E-state index contributed by atoms with van der Waals surface area (Å²) in [5.74, 6) is -0.325. The van der Waals surface area contributed by atoms with Crippen LogP contribution in [0, 0.1) is 5.92 Å². The van der Waals surface area contributed by atoms with Crippen molar-refractivity contribution in [1.82, 2.24) is 9.80 Å². The average Bonchev–Trinajstić information content (AvgIpc) is 3.31. The molecule has 0 N–H and O–H groups in total. The van der Waals surface area contributed by atoms with Crippen molar-refractivity contribution in [2.24, 2.45) is 5.92 Å². The molecule has 7 nitrogen and oxygen atoms in total. The zero-order valence-electron chi connectivity index (χ0n) is 14.6. The Labute approximate surface area is 146 Å². The van der Waals surface area contributed by atoms with Gasteiger partial charge in [-0.25, -0.2) is 4.79 Å². The molecule has 2 saturated heterocycles. The van der Waals surface area contributed by atoms with Crippen LogP contribution in [0.5, 0.6) is 0 Å². The number of likely N-dealkylation sites (tertiary alicyclic amines) is 2. The second-order valence-electron chi connectivity index (χ2n) is 6.97. The monoisotopic (exact) mass is 348 g/mol. The van der Waals surface area contributed by atoms with Crippen LogP contribution < -0.4 is 0 Å². The number of hydrogen-bond acceptors (Lipinski definition) is 5. The number of carbonyl (C=O) groups excluding carboxylic acids is 3. The summed E-state index contributed by atoms with van der Waals surface area (Å²) >= 11 is 0. The molecule has 3 rings (SSSR count). The second kappa shape index (κ2) is 7.29. The fourth-order valence-corrected chi connectivity index (χ4v) is 3.51. The first-order valence-corrected chi connectivity index (χ1v) is 8.78. The molecule has 2 atom stereocenters. The van der Waals surface area contributed by atoms with E-state index in [4.69, 9.17) is 9.15 Å². The maximum atomic E-state index is 12.4. The van der Waals surface area contributed by atoms with Crippen LogP contribution in [0.4, 0.5) is 0 Å². The average molecular weight is 348 g/mol. The Morgan fingerprint density at radius 3 is 2.84 bits per heavy atom. The molecule has 3 heterocycles. The summed E-state index contributed by atoms with van der Waals surface area (Å²) in [5, 5.41) is 0. The van der Waals surface area contributed by atoms with E-state index in [1.165, 1.54) is 11.2 Å². The van der Waals surface area contributed by atoms with E-state index < -0.39 is 12.0 Å². The fourth-order valence-electron chi connectivity index (χ4n) is 3.51. The lowest BCUT2D eigenvalue weighted by Crippen LogP contribution is -2.41. The first-order chi connectivity index (χ1) is 12.0. The van der Waals surface area contributed by atoms with E-state index >= 15 is 0 Å². The maximum Gasteiger partial charge on any atom is 0.328 e. The minimum absolute atomic E-state index is 0.0227. The molecule has 1 aromatic heterocycles. The third-order valence-corrected chi connectivity index (χ3v) is 4.84. The Morgan fingerprint density at radius 2 is 2.20 bits per heavy atom. The van der Waals surface area contributed by atoms with Gasteiger partial charge >= 0.3 is 5.97 Å². The molecule has 0 aromatic carbocycles. The van der Waals surface area contributed by atoms with E-state index in [2.05, 4.69) is 0 Å². The van der Waals surface area contributed by atoms with E-state index in [9.17, 15) is 14.4 Å². The summed E-state index contributed by atoms with van der Waals surface area (Å²) < 4.78 is 10.6. The molecule has 0 aliphatic carbocycles. The van der Waals surface area contributed by atoms with Crippen LogP contribution in [0.2, 0.25) is 0 Å². The van der Waals surface area contributed by atoms with Crippen molar-refractivity contribution in [3.63, 3.8) is 0 Å². The van der Waals surface area contributed by atoms with Crippen molar-refractivity contribution in [3.05, 3.63) is 24.2 Å². The summed E-state index contributed by atoms with van der Waals surface area (Å²) in [6.07, 6.45) is 3.20. The molecule has 2 aliphatic rings. The number of esters is 1. The van der Waals surface area contributed by atoms with Crippen LogP contribution in [0.25, 0.3) is 0 Å². The Bertz CT molecular complexity index is 640. The van der Waals surface area contributed by atoms with Gasteiger partial charge in [0.25, 0.3) is 5.91 Å². The Morgan fingerprint density at radius 1 is 1.40 bits per heavy atom. The fraction of sp³-hybridized carbons (Fsp3) is 0.611. The van der Waals surface area contributed by atoms with Gasteiger partial charge in [-0.1, -0.05) is 0 Å². The minimum Gasteiger partial charge on any atom is -0.464 e. The third kappa shape index (κ3) is 3.70. The number of ether oxygens (including phenoxy) is 1. The molecule has 2 amide bonds. The smallest absolute Gasteiger partial charge is 0.328 e. The molecule has 2 unspecified atom stereocenters. The first kappa shape index (κ1) is 17.5. The highest BCUT2D eigenvalue weighted by molar-refractivity contribution is 5.95. The Balaban J connectivity index is 1.54. The van der Waals surface area contributed by atoms with Crippen LogP contribution in [-0.2, 0) is 14.3 Å². The Kier molecular flexibility index (Phi) is 5.11. The summed E-state index contributed by atoms with van der Waals surface area (Å²) in [7, 11) is 0. The van der Waals surface area contributed by atoms with Gasteiger partial charge in [0.2, 0.25) is 5.91 Å². The topological polar surface area (TPSA) is 80.1 Å². The zero-order valence-corrected chi connectivity index (χ0v) is 14.6. The molecule has 1 aromatic rings. The highest BCUT2D eigenvalue weighted by atomic mass is 16.5. The second-order valence-corrected chi connectivity index (χ2v) is 6.97. The Hall–Kier alpha value is -2.31. The lowest BCUT2D eigenvalue weighted by atomic mass is 10.1. The lowest BCUT2D eigenvalue weighted by Gasteiger charge is -2.23. The van der Waals surface area contributed by atoms with E-state index in [-0.39, 0.29) is 36.1 Å². The first-order valence-electron chi connectivity index (χ1n) is 8.78. The van der Waals surface area contributed by atoms with E-state index in [0.717, 1.165) is 6.42 Å². The maximum absolute atomic E-state index is 12.4. The van der Waals surface area contributed by atoms with Crippen molar-refractivity contribution in [3.8, 4) is 0 Å². The van der Waals surface area contributed by atoms with Crippen LogP contribution in [0.15, 0.2) is 22.8 Å². The molecule has 2 fully saturated rings. The van der Waals surface area contributed by atoms with Gasteiger partial charge < -0.3 is 19.0 Å². The molecule has 25 heavy (non-hydrogen) atoms. The van der Waals surface area contributed by atoms with Gasteiger partial charge in [0.15, 0.2) is 5.76 Å². The van der Waals surface area contributed by atoms with Crippen molar-refractivity contribution in [2.75, 3.05) is 19.7 Å². The molecule has 0 bridgehead atoms. The van der Waals surface area contributed by atoms with E-state index in [1.807, 2.05) is 13.8 Å². The summed E-state index contributed by atoms with van der Waals surface area (Å²) in [6.45, 7) is 5.30. The molecule has 136 valence electrons. The molecule has 7 heteroatoms. The van der Waals surface area contributed by atoms with E-state index in [0.29, 0.717) is 25.9 Å². The molecule has 2 aliphatic heterocycles. The number of hydrogen-bond donors (Lipinski definition) is 0. The van der Waals surface area contributed by atoms with Gasteiger partial charge in [-0.2, -0.15) is 0 Å². The van der Waals surface area contributed by atoms with Crippen molar-refractivity contribution < 1.29 is 23.5 Å².